The van der Waals surface area contributed by atoms with Gasteiger partial charge in [0.1, 0.15) is 5.92 Å². The molecule has 1 heterocycles. The third-order valence-corrected chi connectivity index (χ3v) is 5.27. The van der Waals surface area contributed by atoms with Crippen molar-refractivity contribution in [2.24, 2.45) is 11.3 Å². The van der Waals surface area contributed by atoms with Crippen LogP contribution in [0.15, 0.2) is 41.7 Å². The predicted octanol–water partition coefficient (Wildman–Crippen LogP) is 3.03. The number of hydrogen-bond acceptors (Lipinski definition) is 6. The number of rotatable bonds is 3. The Morgan fingerprint density at radius 2 is 2.00 bits per heavy atom. The molecule has 0 radical (unpaired) electrons. The molecule has 0 fully saturated rings. The van der Waals surface area contributed by atoms with E-state index in [4.69, 9.17) is 9.47 Å². The number of nitrogens with one attached hydrogen (secondary N) is 1. The molecule has 6 heteroatoms. The van der Waals surface area contributed by atoms with Gasteiger partial charge in [-0.3, -0.25) is 9.59 Å². The molecule has 1 aliphatic heterocycles. The fourth-order valence-electron chi connectivity index (χ4n) is 4.11. The highest BCUT2D eigenvalue weighted by atomic mass is 16.5. The van der Waals surface area contributed by atoms with Crippen molar-refractivity contribution in [2.45, 2.75) is 32.6 Å². The summed E-state index contributed by atoms with van der Waals surface area (Å²) in [5.74, 6) is -1.53. The van der Waals surface area contributed by atoms with Gasteiger partial charge in [-0.1, -0.05) is 26.5 Å². The van der Waals surface area contributed by atoms with Crippen LogP contribution in [0.4, 0.5) is 0 Å². The zero-order chi connectivity index (χ0) is 19.9. The van der Waals surface area contributed by atoms with Crippen LogP contribution in [-0.4, -0.2) is 31.1 Å². The van der Waals surface area contributed by atoms with Gasteiger partial charge in [-0.05, 0) is 29.5 Å². The summed E-state index contributed by atoms with van der Waals surface area (Å²) in [5.41, 5.74) is 2.33. The van der Waals surface area contributed by atoms with Crippen molar-refractivity contribution in [1.29, 1.82) is 0 Å². The molecule has 0 amide bonds. The van der Waals surface area contributed by atoms with Crippen LogP contribution in [0.5, 0.6) is 11.5 Å². The molecule has 3 rings (SSSR count). The second-order valence-electron chi connectivity index (χ2n) is 7.89. The Kier molecular flexibility index (Phi) is 4.76. The van der Waals surface area contributed by atoms with Gasteiger partial charge >= 0.3 is 5.97 Å². The second-order valence-corrected chi connectivity index (χ2v) is 7.89. The lowest BCUT2D eigenvalue weighted by molar-refractivity contribution is -0.144. The third kappa shape index (κ3) is 3.31. The molecule has 1 aromatic rings. The topological polar surface area (TPSA) is 84.9 Å². The van der Waals surface area contributed by atoms with Crippen LogP contribution in [0.3, 0.4) is 0 Å². The van der Waals surface area contributed by atoms with Crippen LogP contribution in [0, 0.1) is 11.3 Å². The molecule has 144 valence electrons. The van der Waals surface area contributed by atoms with E-state index in [1.165, 1.54) is 20.3 Å². The molecule has 2 N–H and O–H groups in total. The number of aromatic hydroxyl groups is 1. The number of phenolic OH excluding ortho intramolecular Hbond substituents is 1. The Labute approximate surface area is 158 Å². The summed E-state index contributed by atoms with van der Waals surface area (Å²) < 4.78 is 10.1. The minimum Gasteiger partial charge on any atom is -0.504 e. The van der Waals surface area contributed by atoms with E-state index < -0.39 is 17.8 Å². The molecule has 0 bridgehead atoms. The standard InChI is InChI=1S/C21H25NO5/c1-11-17(20(25)27-5)18(12-6-7-16(26-4)14(23)8-12)19-13(22-11)9-21(2,3)10-15(19)24/h6-8,17-18,22-23H,1,9-10H2,2-5H3. The summed E-state index contributed by atoms with van der Waals surface area (Å²) in [7, 11) is 2.78. The molecule has 1 aliphatic carbocycles. The maximum absolute atomic E-state index is 13.0. The lowest BCUT2D eigenvalue weighted by Gasteiger charge is -2.42. The SMILES string of the molecule is C=C1NC2=C(C(=O)CC(C)(C)C2)C(c2ccc(OC)c(O)c2)C1C(=O)OC. The number of benzene rings is 1. The van der Waals surface area contributed by atoms with E-state index in [1.54, 1.807) is 12.1 Å². The first-order valence-electron chi connectivity index (χ1n) is 8.85. The summed E-state index contributed by atoms with van der Waals surface area (Å²) in [6, 6.07) is 4.92. The first-order valence-corrected chi connectivity index (χ1v) is 8.85. The highest BCUT2D eigenvalue weighted by Gasteiger charge is 2.46. The number of carbonyl (C=O) groups excluding carboxylic acids is 2. The Bertz CT molecular complexity index is 852. The molecule has 0 saturated carbocycles. The van der Waals surface area contributed by atoms with Crippen molar-refractivity contribution in [3.05, 3.63) is 47.3 Å². The molecule has 1 aromatic carbocycles. The van der Waals surface area contributed by atoms with E-state index in [1.807, 2.05) is 13.8 Å². The molecule has 6 nitrogen and oxygen atoms in total. The maximum atomic E-state index is 13.0. The number of hydrogen-bond donors (Lipinski definition) is 2. The predicted molar refractivity (Wildman–Crippen MR) is 100 cm³/mol. The van der Waals surface area contributed by atoms with Crippen LogP contribution in [0.1, 0.15) is 38.2 Å². The summed E-state index contributed by atoms with van der Waals surface area (Å²) >= 11 is 0. The van der Waals surface area contributed by atoms with Gasteiger partial charge in [0.05, 0.1) is 14.2 Å². The van der Waals surface area contributed by atoms with Gasteiger partial charge in [-0.15, -0.1) is 0 Å². The number of allylic oxidation sites excluding steroid dienone is 2. The molecule has 2 aliphatic rings. The molecule has 27 heavy (non-hydrogen) atoms. The number of ether oxygens (including phenoxy) is 2. The first kappa shape index (κ1) is 19.0. The quantitative estimate of drug-likeness (QED) is 0.795. The smallest absolute Gasteiger partial charge is 0.315 e. The van der Waals surface area contributed by atoms with Crippen LogP contribution < -0.4 is 10.1 Å². The van der Waals surface area contributed by atoms with Gasteiger partial charge in [0.25, 0.3) is 0 Å². The lowest BCUT2D eigenvalue weighted by Crippen LogP contribution is -2.43. The fourth-order valence-corrected chi connectivity index (χ4v) is 4.11. The fraction of sp³-hybridized carbons (Fsp3) is 0.429. The zero-order valence-corrected chi connectivity index (χ0v) is 16.1. The summed E-state index contributed by atoms with van der Waals surface area (Å²) in [6.45, 7) is 8.10. The minimum atomic E-state index is -0.758. The average molecular weight is 371 g/mol. The molecule has 2 unspecified atom stereocenters. The highest BCUT2D eigenvalue weighted by molar-refractivity contribution is 6.00. The maximum Gasteiger partial charge on any atom is 0.315 e. The zero-order valence-electron chi connectivity index (χ0n) is 16.1. The first-order chi connectivity index (χ1) is 12.7. The normalized spacial score (nSPS) is 24.1. The Balaban J connectivity index is 2.19. The van der Waals surface area contributed by atoms with E-state index in [0.29, 0.717) is 35.4 Å². The highest BCUT2D eigenvalue weighted by Crippen LogP contribution is 2.48. The van der Waals surface area contributed by atoms with Crippen molar-refractivity contribution < 1.29 is 24.2 Å². The van der Waals surface area contributed by atoms with E-state index in [2.05, 4.69) is 11.9 Å². The number of Topliss-reactive ketones (excluding diaryl/α,β-unsaturated/α-hetero) is 1. The number of esters is 1. The van der Waals surface area contributed by atoms with Gasteiger partial charge in [-0.25, -0.2) is 0 Å². The summed E-state index contributed by atoms with van der Waals surface area (Å²) in [4.78, 5) is 25.6. The Morgan fingerprint density at radius 1 is 1.30 bits per heavy atom. The van der Waals surface area contributed by atoms with Gasteiger partial charge < -0.3 is 19.9 Å². The summed E-state index contributed by atoms with van der Waals surface area (Å²) in [6.07, 6.45) is 1.08. The van der Waals surface area contributed by atoms with Crippen molar-refractivity contribution in [3.8, 4) is 11.5 Å². The van der Waals surface area contributed by atoms with Crippen molar-refractivity contribution >= 4 is 11.8 Å². The van der Waals surface area contributed by atoms with Crippen molar-refractivity contribution in [2.75, 3.05) is 14.2 Å². The number of methoxy groups -OCH3 is 2. The van der Waals surface area contributed by atoms with Gasteiger partial charge in [0, 0.05) is 29.3 Å². The van der Waals surface area contributed by atoms with Crippen molar-refractivity contribution in [3.63, 3.8) is 0 Å². The second kappa shape index (κ2) is 6.76. The number of carbonyl (C=O) groups is 2. The minimum absolute atomic E-state index is 0.00420. The summed E-state index contributed by atoms with van der Waals surface area (Å²) in [5, 5.41) is 13.4. The van der Waals surface area contributed by atoms with E-state index >= 15 is 0 Å². The number of ketones is 1. The monoisotopic (exact) mass is 371 g/mol. The van der Waals surface area contributed by atoms with Crippen molar-refractivity contribution in [1.82, 2.24) is 5.32 Å². The average Bonchev–Trinajstić information content (AvgIpc) is 2.58. The van der Waals surface area contributed by atoms with E-state index in [9.17, 15) is 14.7 Å². The molecule has 0 saturated heterocycles. The third-order valence-electron chi connectivity index (χ3n) is 5.27. The Hall–Kier alpha value is -2.76. The molecule has 0 aromatic heterocycles. The van der Waals surface area contributed by atoms with E-state index in [-0.39, 0.29) is 16.9 Å². The van der Waals surface area contributed by atoms with Crippen LogP contribution in [0.2, 0.25) is 0 Å². The lowest BCUT2D eigenvalue weighted by atomic mass is 9.66. The molecular formula is C21H25NO5. The molecular weight excluding hydrogens is 346 g/mol. The van der Waals surface area contributed by atoms with E-state index in [0.717, 1.165) is 5.70 Å². The number of phenols is 1. The van der Waals surface area contributed by atoms with Crippen LogP contribution in [-0.2, 0) is 14.3 Å². The van der Waals surface area contributed by atoms with Gasteiger partial charge in [-0.2, -0.15) is 0 Å². The molecule has 2 atom stereocenters. The van der Waals surface area contributed by atoms with Crippen LogP contribution >= 0.6 is 0 Å². The Morgan fingerprint density at radius 3 is 2.59 bits per heavy atom. The molecule has 0 spiro atoms. The van der Waals surface area contributed by atoms with Crippen LogP contribution in [0.25, 0.3) is 0 Å². The van der Waals surface area contributed by atoms with Gasteiger partial charge in [0.2, 0.25) is 0 Å². The van der Waals surface area contributed by atoms with Gasteiger partial charge in [0.15, 0.2) is 17.3 Å². The largest absolute Gasteiger partial charge is 0.504 e.